The molecule has 12 heavy (non-hydrogen) atoms. The molecule has 58 valence electrons. The topological polar surface area (TPSA) is 23.8 Å². The third-order valence-corrected chi connectivity index (χ3v) is 2.62. The van der Waals surface area contributed by atoms with Crippen LogP contribution in [-0.4, -0.2) is 0 Å². The van der Waals surface area contributed by atoms with E-state index >= 15 is 0 Å². The van der Waals surface area contributed by atoms with Crippen LogP contribution in [0.15, 0.2) is 22.7 Å². The van der Waals surface area contributed by atoms with Gasteiger partial charge in [-0.05, 0) is 46.7 Å². The molecule has 1 aromatic carbocycles. The van der Waals surface area contributed by atoms with E-state index in [9.17, 15) is 0 Å². The Labute approximate surface area is 93.0 Å². The van der Waals surface area contributed by atoms with Crippen molar-refractivity contribution in [2.45, 2.75) is 0 Å². The Balaban J connectivity index is 3.16. The molecule has 0 aromatic heterocycles. The molecule has 1 aromatic rings. The fourth-order valence-corrected chi connectivity index (χ4v) is 1.52. The van der Waals surface area contributed by atoms with Gasteiger partial charge in [0.05, 0.1) is 0 Å². The normalized spacial score (nSPS) is 8.08. The molecule has 0 saturated carbocycles. The SMILES string of the molecule is N#CC#Cc1cc(Br)ccc1I. The number of hydrogen-bond acceptors (Lipinski definition) is 1. The Morgan fingerprint density at radius 3 is 2.83 bits per heavy atom. The summed E-state index contributed by atoms with van der Waals surface area (Å²) in [6, 6.07) is 7.57. The minimum absolute atomic E-state index is 0.881. The lowest BCUT2D eigenvalue weighted by molar-refractivity contribution is 1.53. The molecular formula is C9H3BrIN. The van der Waals surface area contributed by atoms with Gasteiger partial charge in [0.2, 0.25) is 0 Å². The summed E-state index contributed by atoms with van der Waals surface area (Å²) in [6.45, 7) is 0. The predicted molar refractivity (Wildman–Crippen MR) is 59.4 cm³/mol. The summed E-state index contributed by atoms with van der Waals surface area (Å²) < 4.78 is 2.03. The van der Waals surface area contributed by atoms with E-state index in [1.165, 1.54) is 0 Å². The summed E-state index contributed by atoms with van der Waals surface area (Å²) >= 11 is 5.52. The van der Waals surface area contributed by atoms with Crippen molar-refractivity contribution in [3.05, 3.63) is 31.8 Å². The summed E-state index contributed by atoms with van der Waals surface area (Å²) in [5, 5.41) is 8.25. The van der Waals surface area contributed by atoms with Crippen LogP contribution in [0.5, 0.6) is 0 Å². The number of benzene rings is 1. The van der Waals surface area contributed by atoms with Gasteiger partial charge in [0, 0.05) is 19.5 Å². The molecule has 0 spiro atoms. The fourth-order valence-electron chi connectivity index (χ4n) is 0.689. The zero-order chi connectivity index (χ0) is 8.97. The highest BCUT2D eigenvalue weighted by Crippen LogP contribution is 2.17. The zero-order valence-corrected chi connectivity index (χ0v) is 9.68. The third-order valence-electron chi connectivity index (χ3n) is 1.18. The van der Waals surface area contributed by atoms with E-state index in [-0.39, 0.29) is 0 Å². The second kappa shape index (κ2) is 4.49. The van der Waals surface area contributed by atoms with Crippen molar-refractivity contribution >= 4 is 38.5 Å². The van der Waals surface area contributed by atoms with Crippen LogP contribution in [0.1, 0.15) is 5.56 Å². The highest BCUT2D eigenvalue weighted by molar-refractivity contribution is 14.1. The standard InChI is InChI=1S/C9H3BrIN/c10-8-3-4-9(11)7(6-8)2-1-5-12/h3-4,6H. The number of nitrogens with zero attached hydrogens (tertiary/aromatic N) is 1. The van der Waals surface area contributed by atoms with Crippen LogP contribution in [0.3, 0.4) is 0 Å². The monoisotopic (exact) mass is 331 g/mol. The molecule has 0 atom stereocenters. The van der Waals surface area contributed by atoms with Crippen molar-refractivity contribution in [3.63, 3.8) is 0 Å². The molecule has 0 saturated heterocycles. The van der Waals surface area contributed by atoms with Gasteiger partial charge in [0.1, 0.15) is 0 Å². The summed E-state index contributed by atoms with van der Waals surface area (Å²) in [6.07, 6.45) is 0. The first-order valence-corrected chi connectivity index (χ1v) is 4.96. The molecule has 0 amide bonds. The molecule has 3 heteroatoms. The Bertz CT molecular complexity index is 395. The molecule has 0 aliphatic carbocycles. The van der Waals surface area contributed by atoms with Gasteiger partial charge in [-0.3, -0.25) is 0 Å². The van der Waals surface area contributed by atoms with E-state index in [4.69, 9.17) is 5.26 Å². The first-order valence-electron chi connectivity index (χ1n) is 3.09. The molecule has 0 unspecified atom stereocenters. The van der Waals surface area contributed by atoms with Crippen molar-refractivity contribution in [1.82, 2.24) is 0 Å². The molecule has 0 fully saturated rings. The molecule has 0 aliphatic rings. The van der Waals surface area contributed by atoms with Gasteiger partial charge in [-0.25, -0.2) is 0 Å². The van der Waals surface area contributed by atoms with E-state index in [1.54, 1.807) is 6.07 Å². The van der Waals surface area contributed by atoms with Crippen LogP contribution in [0, 0.1) is 26.7 Å². The number of nitriles is 1. The molecule has 0 aliphatic heterocycles. The minimum atomic E-state index is 0.881. The minimum Gasteiger partial charge on any atom is -0.183 e. The van der Waals surface area contributed by atoms with Crippen molar-refractivity contribution in [1.29, 1.82) is 5.26 Å². The van der Waals surface area contributed by atoms with E-state index in [1.807, 2.05) is 18.2 Å². The van der Waals surface area contributed by atoms with E-state index in [2.05, 4.69) is 50.4 Å². The highest BCUT2D eigenvalue weighted by atomic mass is 127. The van der Waals surface area contributed by atoms with Crippen molar-refractivity contribution in [2.24, 2.45) is 0 Å². The van der Waals surface area contributed by atoms with E-state index < -0.39 is 0 Å². The number of hydrogen-bond donors (Lipinski definition) is 0. The van der Waals surface area contributed by atoms with Crippen LogP contribution in [0.2, 0.25) is 0 Å². The summed E-state index contributed by atoms with van der Waals surface area (Å²) in [5.74, 6) is 5.12. The Morgan fingerprint density at radius 2 is 2.17 bits per heavy atom. The van der Waals surface area contributed by atoms with Crippen LogP contribution in [0.25, 0.3) is 0 Å². The smallest absolute Gasteiger partial charge is 0.152 e. The van der Waals surface area contributed by atoms with Gasteiger partial charge in [-0.1, -0.05) is 15.9 Å². The Morgan fingerprint density at radius 1 is 1.42 bits per heavy atom. The molecule has 0 bridgehead atoms. The lowest BCUT2D eigenvalue weighted by atomic mass is 10.2. The highest BCUT2D eigenvalue weighted by Gasteiger charge is 1.95. The van der Waals surface area contributed by atoms with Gasteiger partial charge < -0.3 is 0 Å². The maximum Gasteiger partial charge on any atom is 0.152 e. The van der Waals surface area contributed by atoms with Crippen LogP contribution in [0.4, 0.5) is 0 Å². The third kappa shape index (κ3) is 2.51. The molecule has 1 rings (SSSR count). The fraction of sp³-hybridized carbons (Fsp3) is 0. The van der Waals surface area contributed by atoms with Gasteiger partial charge in [0.15, 0.2) is 6.07 Å². The average molecular weight is 332 g/mol. The van der Waals surface area contributed by atoms with Gasteiger partial charge in [-0.15, -0.1) is 0 Å². The van der Waals surface area contributed by atoms with Crippen molar-refractivity contribution in [3.8, 4) is 17.9 Å². The van der Waals surface area contributed by atoms with Gasteiger partial charge >= 0.3 is 0 Å². The zero-order valence-electron chi connectivity index (χ0n) is 5.94. The van der Waals surface area contributed by atoms with Gasteiger partial charge in [0.25, 0.3) is 0 Å². The quantitative estimate of drug-likeness (QED) is 0.529. The predicted octanol–water partition coefficient (Wildman–Crippen LogP) is 2.93. The van der Waals surface area contributed by atoms with Crippen LogP contribution >= 0.6 is 38.5 Å². The Kier molecular flexibility index (Phi) is 3.58. The molecular weight excluding hydrogens is 329 g/mol. The Hall–Kier alpha value is -0.520. The second-order valence-electron chi connectivity index (χ2n) is 1.99. The lowest BCUT2D eigenvalue weighted by Crippen LogP contribution is -1.80. The van der Waals surface area contributed by atoms with E-state index in [0.29, 0.717) is 0 Å². The largest absolute Gasteiger partial charge is 0.183 e. The van der Waals surface area contributed by atoms with Crippen LogP contribution < -0.4 is 0 Å². The number of halogens is 2. The summed E-state index contributed by atoms with van der Waals surface area (Å²) in [7, 11) is 0. The van der Waals surface area contributed by atoms with E-state index in [0.717, 1.165) is 13.6 Å². The van der Waals surface area contributed by atoms with Crippen molar-refractivity contribution < 1.29 is 0 Å². The average Bonchev–Trinajstić information content (AvgIpc) is 2.07. The molecule has 0 N–H and O–H groups in total. The maximum absolute atomic E-state index is 8.25. The summed E-state index contributed by atoms with van der Waals surface area (Å²) in [5.41, 5.74) is 0.881. The second-order valence-corrected chi connectivity index (χ2v) is 4.06. The number of rotatable bonds is 0. The molecule has 1 nitrogen and oxygen atoms in total. The molecule has 0 heterocycles. The first kappa shape index (κ1) is 9.57. The van der Waals surface area contributed by atoms with Crippen molar-refractivity contribution in [2.75, 3.05) is 0 Å². The van der Waals surface area contributed by atoms with Crippen LogP contribution in [-0.2, 0) is 0 Å². The van der Waals surface area contributed by atoms with Gasteiger partial charge in [-0.2, -0.15) is 5.26 Å². The molecule has 0 radical (unpaired) electrons. The lowest BCUT2D eigenvalue weighted by Gasteiger charge is -1.95. The first-order chi connectivity index (χ1) is 5.74. The maximum atomic E-state index is 8.25. The summed E-state index contributed by atoms with van der Waals surface area (Å²) in [4.78, 5) is 0.